The number of benzene rings is 3. The first-order chi connectivity index (χ1) is 11.4. The van der Waals surface area contributed by atoms with Crippen LogP contribution in [-0.4, -0.2) is 15.3 Å². The lowest BCUT2D eigenvalue weighted by atomic mass is 10.1. The zero-order valence-corrected chi connectivity index (χ0v) is 14.3. The van der Waals surface area contributed by atoms with E-state index in [0.717, 1.165) is 16.7 Å². The summed E-state index contributed by atoms with van der Waals surface area (Å²) in [6, 6.07) is 21.5. The predicted molar refractivity (Wildman–Crippen MR) is 98.5 cm³/mol. The number of para-hydroxylation sites is 2. The van der Waals surface area contributed by atoms with Gasteiger partial charge in [0.05, 0.1) is 0 Å². The Morgan fingerprint density at radius 1 is 0.500 bits per heavy atom. The van der Waals surface area contributed by atoms with E-state index in [0.29, 0.717) is 17.2 Å². The van der Waals surface area contributed by atoms with Gasteiger partial charge in [-0.3, -0.25) is 0 Å². The van der Waals surface area contributed by atoms with Crippen LogP contribution in [0.3, 0.4) is 0 Å². The molecular formula is C21H24O3. The van der Waals surface area contributed by atoms with Gasteiger partial charge in [0.1, 0.15) is 17.2 Å². The number of aromatic hydroxyl groups is 3. The molecule has 0 aromatic heterocycles. The van der Waals surface area contributed by atoms with Gasteiger partial charge in [-0.15, -0.1) is 0 Å². The van der Waals surface area contributed by atoms with E-state index in [4.69, 9.17) is 15.3 Å². The molecule has 3 heteroatoms. The van der Waals surface area contributed by atoms with E-state index >= 15 is 0 Å². The molecule has 3 nitrogen and oxygen atoms in total. The Hall–Kier alpha value is -2.94. The van der Waals surface area contributed by atoms with Crippen LogP contribution in [0.2, 0.25) is 0 Å². The van der Waals surface area contributed by atoms with Crippen LogP contribution in [0.1, 0.15) is 16.7 Å². The van der Waals surface area contributed by atoms with Crippen molar-refractivity contribution in [3.05, 3.63) is 89.5 Å². The first-order valence-corrected chi connectivity index (χ1v) is 7.65. The third-order valence-corrected chi connectivity index (χ3v) is 3.45. The molecule has 0 saturated carbocycles. The standard InChI is InChI=1S/C8H10O.C7H8O.C6H6O/c1-6-4-3-5-8(9)7(6)2;1-6-4-2-3-5-7(6)8;7-6-4-2-1-3-5-6/h3-5,9H,1-2H3;2-5,8H,1H3;1-5,7H. The van der Waals surface area contributed by atoms with E-state index in [1.165, 1.54) is 0 Å². The summed E-state index contributed by atoms with van der Waals surface area (Å²) in [4.78, 5) is 0. The lowest BCUT2D eigenvalue weighted by Gasteiger charge is -1.99. The molecule has 0 unspecified atom stereocenters. The maximum absolute atomic E-state index is 9.10. The van der Waals surface area contributed by atoms with Gasteiger partial charge in [-0.05, 0) is 61.7 Å². The van der Waals surface area contributed by atoms with Gasteiger partial charge >= 0.3 is 0 Å². The lowest BCUT2D eigenvalue weighted by Crippen LogP contribution is -1.78. The molecule has 0 amide bonds. The summed E-state index contributed by atoms with van der Waals surface area (Å²) in [5.74, 6) is 1.07. The summed E-state index contributed by atoms with van der Waals surface area (Å²) in [6.45, 7) is 5.76. The third kappa shape index (κ3) is 6.88. The first-order valence-electron chi connectivity index (χ1n) is 7.65. The molecule has 0 aliphatic carbocycles. The van der Waals surface area contributed by atoms with Crippen molar-refractivity contribution in [1.82, 2.24) is 0 Å². The molecule has 3 rings (SSSR count). The number of phenols is 3. The SMILES string of the molecule is Cc1cccc(O)c1C.Cc1ccccc1O.Oc1ccccc1. The maximum atomic E-state index is 9.10. The number of phenolic OH excluding ortho intramolecular Hbond substituents is 3. The molecule has 126 valence electrons. The van der Waals surface area contributed by atoms with Crippen LogP contribution in [0.4, 0.5) is 0 Å². The highest BCUT2D eigenvalue weighted by Crippen LogP contribution is 2.17. The number of hydrogen-bond donors (Lipinski definition) is 3. The van der Waals surface area contributed by atoms with Crippen molar-refractivity contribution in [3.8, 4) is 17.2 Å². The minimum atomic E-state index is 0.322. The van der Waals surface area contributed by atoms with E-state index < -0.39 is 0 Å². The quantitative estimate of drug-likeness (QED) is 0.539. The largest absolute Gasteiger partial charge is 0.508 e. The zero-order valence-electron chi connectivity index (χ0n) is 14.3. The first kappa shape index (κ1) is 19.1. The normalized spacial score (nSPS) is 9.12. The maximum Gasteiger partial charge on any atom is 0.118 e. The molecule has 0 aliphatic rings. The van der Waals surface area contributed by atoms with Crippen LogP contribution < -0.4 is 0 Å². The van der Waals surface area contributed by atoms with Crippen molar-refractivity contribution >= 4 is 0 Å². The Balaban J connectivity index is 0.000000181. The Labute approximate surface area is 143 Å². The highest BCUT2D eigenvalue weighted by Gasteiger charge is 1.94. The molecule has 0 bridgehead atoms. The Morgan fingerprint density at radius 3 is 1.38 bits per heavy atom. The minimum absolute atomic E-state index is 0.322. The second-order valence-corrected chi connectivity index (χ2v) is 5.34. The van der Waals surface area contributed by atoms with Gasteiger partial charge in [-0.25, -0.2) is 0 Å². The highest BCUT2D eigenvalue weighted by molar-refractivity contribution is 5.36. The van der Waals surface area contributed by atoms with Crippen molar-refractivity contribution in [3.63, 3.8) is 0 Å². The van der Waals surface area contributed by atoms with Crippen molar-refractivity contribution in [1.29, 1.82) is 0 Å². The molecule has 0 saturated heterocycles. The van der Waals surface area contributed by atoms with Crippen molar-refractivity contribution in [2.75, 3.05) is 0 Å². The van der Waals surface area contributed by atoms with Crippen LogP contribution in [0.5, 0.6) is 17.2 Å². The average molecular weight is 324 g/mol. The smallest absolute Gasteiger partial charge is 0.118 e. The van der Waals surface area contributed by atoms with Gasteiger partial charge in [0.2, 0.25) is 0 Å². The second kappa shape index (κ2) is 9.95. The Bertz CT molecular complexity index is 696. The Kier molecular flexibility index (Phi) is 7.92. The third-order valence-electron chi connectivity index (χ3n) is 3.45. The average Bonchev–Trinajstić information content (AvgIpc) is 2.57. The fourth-order valence-corrected chi connectivity index (χ4v) is 1.73. The monoisotopic (exact) mass is 324 g/mol. The summed E-state index contributed by atoms with van der Waals surface area (Å²) in [6.07, 6.45) is 0. The van der Waals surface area contributed by atoms with E-state index in [1.807, 2.05) is 57.2 Å². The summed E-state index contributed by atoms with van der Waals surface area (Å²) < 4.78 is 0. The lowest BCUT2D eigenvalue weighted by molar-refractivity contribution is 0.470. The van der Waals surface area contributed by atoms with Crippen molar-refractivity contribution in [2.24, 2.45) is 0 Å². The fourth-order valence-electron chi connectivity index (χ4n) is 1.73. The fraction of sp³-hybridized carbons (Fsp3) is 0.143. The van der Waals surface area contributed by atoms with Crippen molar-refractivity contribution in [2.45, 2.75) is 20.8 Å². The van der Waals surface area contributed by atoms with Crippen molar-refractivity contribution < 1.29 is 15.3 Å². The number of hydrogen-bond acceptors (Lipinski definition) is 3. The van der Waals surface area contributed by atoms with Gasteiger partial charge in [0.15, 0.2) is 0 Å². The highest BCUT2D eigenvalue weighted by atomic mass is 16.3. The van der Waals surface area contributed by atoms with Crippen LogP contribution in [0.25, 0.3) is 0 Å². The molecule has 3 aromatic carbocycles. The second-order valence-electron chi connectivity index (χ2n) is 5.34. The summed E-state index contributed by atoms with van der Waals surface area (Å²) >= 11 is 0. The molecular weight excluding hydrogens is 300 g/mol. The zero-order chi connectivity index (χ0) is 17.9. The van der Waals surface area contributed by atoms with Crippen LogP contribution in [-0.2, 0) is 0 Å². The molecule has 0 fully saturated rings. The van der Waals surface area contributed by atoms with Crippen LogP contribution >= 0.6 is 0 Å². The topological polar surface area (TPSA) is 60.7 Å². The van der Waals surface area contributed by atoms with Crippen LogP contribution in [0, 0.1) is 20.8 Å². The summed E-state index contributed by atoms with van der Waals surface area (Å²) in [5, 5.41) is 26.7. The van der Waals surface area contributed by atoms with Gasteiger partial charge in [0.25, 0.3) is 0 Å². The number of aryl methyl sites for hydroxylation is 2. The summed E-state index contributed by atoms with van der Waals surface area (Å²) in [7, 11) is 0. The van der Waals surface area contributed by atoms with Gasteiger partial charge in [-0.1, -0.05) is 48.5 Å². The minimum Gasteiger partial charge on any atom is -0.508 e. The molecule has 0 spiro atoms. The summed E-state index contributed by atoms with van der Waals surface area (Å²) in [5.41, 5.74) is 3.03. The van der Waals surface area contributed by atoms with E-state index in [9.17, 15) is 0 Å². The predicted octanol–water partition coefficient (Wildman–Crippen LogP) is 5.10. The van der Waals surface area contributed by atoms with E-state index in [2.05, 4.69) is 0 Å². The molecule has 0 heterocycles. The molecule has 3 N–H and O–H groups in total. The molecule has 0 radical (unpaired) electrons. The number of rotatable bonds is 0. The van der Waals surface area contributed by atoms with Gasteiger partial charge < -0.3 is 15.3 Å². The molecule has 3 aromatic rings. The van der Waals surface area contributed by atoms with Crippen LogP contribution in [0.15, 0.2) is 72.8 Å². The molecule has 0 atom stereocenters. The molecule has 0 aliphatic heterocycles. The van der Waals surface area contributed by atoms with E-state index in [1.54, 1.807) is 36.4 Å². The Morgan fingerprint density at radius 2 is 1.00 bits per heavy atom. The van der Waals surface area contributed by atoms with Gasteiger partial charge in [-0.2, -0.15) is 0 Å². The molecule has 24 heavy (non-hydrogen) atoms. The van der Waals surface area contributed by atoms with Gasteiger partial charge in [0, 0.05) is 0 Å². The van der Waals surface area contributed by atoms with E-state index in [-0.39, 0.29) is 0 Å².